The highest BCUT2D eigenvalue weighted by Gasteiger charge is 2.39. The first kappa shape index (κ1) is 42.1. The Morgan fingerprint density at radius 3 is 1.70 bits per heavy atom. The van der Waals surface area contributed by atoms with Gasteiger partial charge in [0.15, 0.2) is 0 Å². The van der Waals surface area contributed by atoms with E-state index < -0.39 is 35.9 Å². The van der Waals surface area contributed by atoms with E-state index in [4.69, 9.17) is 9.47 Å². The molecule has 5 heterocycles. The molecule has 2 aromatic heterocycles. The number of aromatic nitrogens is 4. The Bertz CT molecular complexity index is 2220. The Morgan fingerprint density at radius 1 is 0.717 bits per heavy atom. The molecule has 15 nitrogen and oxygen atoms in total. The maximum Gasteiger partial charge on any atom is 0.407 e. The Hall–Kier alpha value is -6.00. The molecule has 4 atom stereocenters. The summed E-state index contributed by atoms with van der Waals surface area (Å²) in [5, 5.41) is 5.31. The molecule has 2 saturated heterocycles. The molecular formula is C43H53F2N9O6. The number of carbonyl (C=O) groups excluding carboxylic acids is 4. The normalized spacial score (nSPS) is 18.7. The fraction of sp³-hybridized carbons (Fsp3) is 0.488. The van der Waals surface area contributed by atoms with Crippen LogP contribution in [-0.2, 0) is 32.0 Å². The summed E-state index contributed by atoms with van der Waals surface area (Å²) < 4.78 is 41.3. The highest BCUT2D eigenvalue weighted by atomic mass is 19.1. The molecule has 320 valence electrons. The van der Waals surface area contributed by atoms with E-state index in [0.717, 1.165) is 41.6 Å². The van der Waals surface area contributed by atoms with Gasteiger partial charge in [-0.15, -0.1) is 0 Å². The van der Waals surface area contributed by atoms with Crippen LogP contribution in [0, 0.1) is 23.5 Å². The number of methoxy groups -OCH3 is 2. The highest BCUT2D eigenvalue weighted by Crippen LogP contribution is 2.37. The van der Waals surface area contributed by atoms with Gasteiger partial charge in [0.1, 0.15) is 41.1 Å². The summed E-state index contributed by atoms with van der Waals surface area (Å²) in [6.45, 7) is 9.18. The van der Waals surface area contributed by atoms with Crippen molar-refractivity contribution >= 4 is 29.7 Å². The van der Waals surface area contributed by atoms with E-state index in [-0.39, 0.29) is 41.4 Å². The summed E-state index contributed by atoms with van der Waals surface area (Å²) in [6.07, 6.45) is 5.41. The van der Waals surface area contributed by atoms with E-state index in [9.17, 15) is 19.2 Å². The van der Waals surface area contributed by atoms with Crippen LogP contribution < -0.4 is 15.5 Å². The SMILES string of the molecule is COC(=O)NC(C(=O)N1CCCC1c1ncc(-c2cc(F)c(N3CCc4cc(-c5cnc(C6CCCN6C(=O)C(NC(=O)OC)C(C)C)[nH]5)ccc4C3)c(F)c2)[nH]1)C(C)C. The number of ether oxygens (including phenoxy) is 2. The standard InChI is InChI=1S/C43H53F2N9O6/c1-23(2)35(50-42(57)59-5)40(55)53-14-7-9-33(53)38-46-20-31(48-38)26-11-12-27-22-52(16-13-25(27)17-26)37-29(44)18-28(19-30(37)45)32-21-47-39(49-32)34-10-8-15-54(34)41(56)36(24(3)4)51-43(58)60-6/h11-12,17-21,23-24,33-36H,7-10,13-16,22H2,1-6H3,(H,46,48)(H,47,49)(H,50,57)(H,51,58). The van der Waals surface area contributed by atoms with Crippen molar-refractivity contribution in [1.29, 1.82) is 0 Å². The van der Waals surface area contributed by atoms with E-state index in [1.165, 1.54) is 32.5 Å². The van der Waals surface area contributed by atoms with E-state index in [2.05, 4.69) is 36.6 Å². The number of alkyl carbamates (subject to hydrolysis) is 2. The first-order valence-corrected chi connectivity index (χ1v) is 20.5. The third-order valence-corrected chi connectivity index (χ3v) is 11.9. The number of hydrogen-bond acceptors (Lipinski definition) is 9. The van der Waals surface area contributed by atoms with Crippen molar-refractivity contribution in [3.8, 4) is 22.5 Å². The molecule has 60 heavy (non-hydrogen) atoms. The van der Waals surface area contributed by atoms with Crippen molar-refractivity contribution in [2.75, 3.05) is 38.8 Å². The molecule has 2 fully saturated rings. The molecule has 0 bridgehead atoms. The lowest BCUT2D eigenvalue weighted by atomic mass is 9.96. The number of nitrogens with one attached hydrogen (secondary N) is 4. The van der Waals surface area contributed by atoms with Gasteiger partial charge in [0, 0.05) is 31.7 Å². The number of imidazole rings is 2. The Labute approximate surface area is 347 Å². The molecular weight excluding hydrogens is 777 g/mol. The van der Waals surface area contributed by atoms with Gasteiger partial charge in [-0.3, -0.25) is 9.59 Å². The van der Waals surface area contributed by atoms with Crippen molar-refractivity contribution < 1.29 is 37.4 Å². The Morgan fingerprint density at radius 2 is 1.22 bits per heavy atom. The average molecular weight is 830 g/mol. The van der Waals surface area contributed by atoms with Gasteiger partial charge in [0.05, 0.1) is 50.1 Å². The Balaban J connectivity index is 1.02. The zero-order chi connectivity index (χ0) is 42.8. The number of fused-ring (bicyclic) bond motifs is 1. The van der Waals surface area contributed by atoms with Crippen molar-refractivity contribution in [1.82, 2.24) is 40.4 Å². The highest BCUT2D eigenvalue weighted by molar-refractivity contribution is 5.87. The molecule has 4 unspecified atom stereocenters. The van der Waals surface area contributed by atoms with Crippen molar-refractivity contribution in [3.63, 3.8) is 0 Å². The molecule has 3 aliphatic heterocycles. The minimum atomic E-state index is -0.784. The molecule has 0 spiro atoms. The summed E-state index contributed by atoms with van der Waals surface area (Å²) in [5.41, 5.74) is 4.32. The van der Waals surface area contributed by atoms with Gasteiger partial charge in [-0.05, 0) is 78.8 Å². The average Bonchev–Trinajstić information content (AvgIpc) is 4.07. The summed E-state index contributed by atoms with van der Waals surface area (Å²) in [5.74, 6) is -0.980. The van der Waals surface area contributed by atoms with Crippen LogP contribution in [0.25, 0.3) is 22.5 Å². The van der Waals surface area contributed by atoms with E-state index in [0.29, 0.717) is 61.9 Å². The molecule has 4 amide bonds. The molecule has 0 aliphatic carbocycles. The lowest BCUT2D eigenvalue weighted by molar-refractivity contribution is -0.136. The zero-order valence-electron chi connectivity index (χ0n) is 34.8. The van der Waals surface area contributed by atoms with E-state index >= 15 is 8.78 Å². The third kappa shape index (κ3) is 8.52. The molecule has 0 radical (unpaired) electrons. The summed E-state index contributed by atoms with van der Waals surface area (Å²) in [4.78, 5) is 72.0. The van der Waals surface area contributed by atoms with Crippen LogP contribution >= 0.6 is 0 Å². The van der Waals surface area contributed by atoms with Crippen LogP contribution in [0.4, 0.5) is 24.1 Å². The van der Waals surface area contributed by atoms with Crippen molar-refractivity contribution in [2.24, 2.45) is 11.8 Å². The van der Waals surface area contributed by atoms with Gasteiger partial charge in [-0.1, -0.05) is 39.8 Å². The van der Waals surface area contributed by atoms with Crippen molar-refractivity contribution in [2.45, 2.75) is 90.5 Å². The maximum absolute atomic E-state index is 15.9. The summed E-state index contributed by atoms with van der Waals surface area (Å²) in [6, 6.07) is 6.43. The third-order valence-electron chi connectivity index (χ3n) is 11.9. The second kappa shape index (κ2) is 17.7. The minimum absolute atomic E-state index is 0.103. The first-order chi connectivity index (χ1) is 28.8. The number of anilines is 1. The van der Waals surface area contributed by atoms with Gasteiger partial charge in [0.25, 0.3) is 0 Å². The number of halogens is 2. The number of hydrogen-bond donors (Lipinski definition) is 4. The second-order valence-electron chi connectivity index (χ2n) is 16.4. The van der Waals surface area contributed by atoms with E-state index in [1.807, 2.05) is 39.8 Å². The number of nitrogens with zero attached hydrogens (tertiary/aromatic N) is 5. The van der Waals surface area contributed by atoms with Crippen molar-refractivity contribution in [3.05, 3.63) is 77.1 Å². The van der Waals surface area contributed by atoms with Crippen LogP contribution in [0.15, 0.2) is 42.7 Å². The van der Waals surface area contributed by atoms with E-state index in [1.54, 1.807) is 20.9 Å². The zero-order valence-corrected chi connectivity index (χ0v) is 34.8. The fourth-order valence-corrected chi connectivity index (χ4v) is 8.63. The topological polar surface area (TPSA) is 178 Å². The smallest absolute Gasteiger partial charge is 0.407 e. The van der Waals surface area contributed by atoms with Gasteiger partial charge < -0.3 is 44.8 Å². The predicted molar refractivity (Wildman–Crippen MR) is 218 cm³/mol. The minimum Gasteiger partial charge on any atom is -0.453 e. The van der Waals surface area contributed by atoms with Crippen LogP contribution in [0.3, 0.4) is 0 Å². The predicted octanol–water partition coefficient (Wildman–Crippen LogP) is 6.40. The maximum atomic E-state index is 15.9. The molecule has 17 heteroatoms. The van der Waals surface area contributed by atoms with Gasteiger partial charge >= 0.3 is 12.2 Å². The molecule has 0 saturated carbocycles. The number of H-pyrrole nitrogens is 2. The number of aromatic amines is 2. The fourth-order valence-electron chi connectivity index (χ4n) is 8.63. The van der Waals surface area contributed by atoms with Gasteiger partial charge in [0.2, 0.25) is 11.8 Å². The van der Waals surface area contributed by atoms with Gasteiger partial charge in [-0.25, -0.2) is 28.3 Å². The van der Waals surface area contributed by atoms with Gasteiger partial charge in [-0.2, -0.15) is 0 Å². The largest absolute Gasteiger partial charge is 0.453 e. The number of rotatable bonds is 11. The van der Waals surface area contributed by atoms with Crippen LogP contribution in [-0.4, -0.2) is 99.7 Å². The molecule has 4 aromatic rings. The lowest BCUT2D eigenvalue weighted by Crippen LogP contribution is -2.51. The Kier molecular flexibility index (Phi) is 12.4. The van der Waals surface area contributed by atoms with Crippen LogP contribution in [0.2, 0.25) is 0 Å². The lowest BCUT2D eigenvalue weighted by Gasteiger charge is -2.31. The summed E-state index contributed by atoms with van der Waals surface area (Å²) in [7, 11) is 2.51. The molecule has 7 rings (SSSR count). The number of carbonyl (C=O) groups is 4. The number of amides is 4. The molecule has 2 aromatic carbocycles. The quantitative estimate of drug-likeness (QED) is 0.133. The molecule has 4 N–H and O–H groups in total. The first-order valence-electron chi connectivity index (χ1n) is 20.5. The monoisotopic (exact) mass is 829 g/mol. The number of likely N-dealkylation sites (tertiary alicyclic amines) is 2. The van der Waals surface area contributed by atoms with Crippen LogP contribution in [0.1, 0.15) is 88.2 Å². The van der Waals surface area contributed by atoms with Crippen LogP contribution in [0.5, 0.6) is 0 Å². The number of benzene rings is 2. The second-order valence-corrected chi connectivity index (χ2v) is 16.4. The summed E-state index contributed by atoms with van der Waals surface area (Å²) >= 11 is 0. The molecule has 3 aliphatic rings.